The van der Waals surface area contributed by atoms with Crippen LogP contribution in [0, 0.1) is 0 Å². The highest BCUT2D eigenvalue weighted by molar-refractivity contribution is 5.63. The lowest BCUT2D eigenvalue weighted by Crippen LogP contribution is -1.81. The first-order chi connectivity index (χ1) is 7.40. The van der Waals surface area contributed by atoms with Gasteiger partial charge in [-0.05, 0) is 23.3 Å². The predicted octanol–water partition coefficient (Wildman–Crippen LogP) is 3.35. The van der Waals surface area contributed by atoms with E-state index in [1.54, 1.807) is 0 Å². The highest BCUT2D eigenvalue weighted by atomic mass is 16.6. The van der Waals surface area contributed by atoms with E-state index in [-0.39, 0.29) is 0 Å². The maximum Gasteiger partial charge on any atom is 0.157 e. The van der Waals surface area contributed by atoms with Gasteiger partial charge in [-0.1, -0.05) is 47.6 Å². The fraction of sp³-hybridized carbons (Fsp3) is 0. The normalized spacial score (nSPS) is 9.60. The number of oxime groups is 1. The zero-order valence-corrected chi connectivity index (χ0v) is 8.26. The van der Waals surface area contributed by atoms with Crippen LogP contribution in [0.4, 0.5) is 0 Å². The molecule has 0 N–H and O–H groups in total. The Labute approximate surface area is 88.8 Å². The molecule has 0 amide bonds. The number of hydrogen-bond donors (Lipinski definition) is 0. The fourth-order valence-corrected chi connectivity index (χ4v) is 1.41. The minimum atomic E-state index is 0.699. The first-order valence-corrected chi connectivity index (χ1v) is 4.68. The van der Waals surface area contributed by atoms with Crippen molar-refractivity contribution in [1.82, 2.24) is 0 Å². The van der Waals surface area contributed by atoms with Crippen molar-refractivity contribution in [3.8, 4) is 16.9 Å². The summed E-state index contributed by atoms with van der Waals surface area (Å²) in [5.74, 6) is 0.699. The van der Waals surface area contributed by atoms with E-state index >= 15 is 0 Å². The summed E-state index contributed by atoms with van der Waals surface area (Å²) in [6.07, 6.45) is 0. The standard InChI is InChI=1S/C13H11NO/c1-14-15-13-9-7-12(8-10-13)11-5-3-2-4-6-11/h2-10H,1H2. The van der Waals surface area contributed by atoms with Gasteiger partial charge in [-0.2, -0.15) is 0 Å². The molecule has 2 aromatic rings. The molecule has 2 heteroatoms. The smallest absolute Gasteiger partial charge is 0.157 e. The molecular weight excluding hydrogens is 186 g/mol. The molecule has 0 saturated carbocycles. The molecule has 74 valence electrons. The van der Waals surface area contributed by atoms with Crippen LogP contribution >= 0.6 is 0 Å². The molecule has 0 heterocycles. The van der Waals surface area contributed by atoms with Crippen molar-refractivity contribution in [1.29, 1.82) is 0 Å². The molecule has 2 rings (SSSR count). The summed E-state index contributed by atoms with van der Waals surface area (Å²) in [6, 6.07) is 17.9. The maximum atomic E-state index is 4.91. The summed E-state index contributed by atoms with van der Waals surface area (Å²) >= 11 is 0. The van der Waals surface area contributed by atoms with Gasteiger partial charge in [0.1, 0.15) is 0 Å². The Morgan fingerprint density at radius 3 is 2.00 bits per heavy atom. The second kappa shape index (κ2) is 4.42. The van der Waals surface area contributed by atoms with E-state index in [9.17, 15) is 0 Å². The van der Waals surface area contributed by atoms with E-state index in [4.69, 9.17) is 4.84 Å². The third-order valence-corrected chi connectivity index (χ3v) is 2.13. The van der Waals surface area contributed by atoms with Crippen molar-refractivity contribution >= 4 is 6.72 Å². The summed E-state index contributed by atoms with van der Waals surface area (Å²) < 4.78 is 0. The Hall–Kier alpha value is -2.09. The summed E-state index contributed by atoms with van der Waals surface area (Å²) in [6.45, 7) is 3.26. The zero-order chi connectivity index (χ0) is 10.5. The van der Waals surface area contributed by atoms with E-state index in [1.807, 2.05) is 42.5 Å². The minimum absolute atomic E-state index is 0.699. The largest absolute Gasteiger partial charge is 0.358 e. The second-order valence-electron chi connectivity index (χ2n) is 3.11. The lowest BCUT2D eigenvalue weighted by Gasteiger charge is -2.02. The quantitative estimate of drug-likeness (QED) is 0.546. The molecule has 0 fully saturated rings. The zero-order valence-electron chi connectivity index (χ0n) is 8.26. The average Bonchev–Trinajstić information content (AvgIpc) is 2.32. The monoisotopic (exact) mass is 197 g/mol. The Balaban J connectivity index is 2.28. The van der Waals surface area contributed by atoms with E-state index < -0.39 is 0 Å². The highest BCUT2D eigenvalue weighted by Gasteiger charge is 1.96. The van der Waals surface area contributed by atoms with Crippen LogP contribution in [0.3, 0.4) is 0 Å². The van der Waals surface area contributed by atoms with Crippen LogP contribution in [0.1, 0.15) is 0 Å². The lowest BCUT2D eigenvalue weighted by molar-refractivity contribution is 0.345. The maximum absolute atomic E-state index is 4.91. The Kier molecular flexibility index (Phi) is 2.79. The summed E-state index contributed by atoms with van der Waals surface area (Å²) in [5, 5.41) is 3.36. The minimum Gasteiger partial charge on any atom is -0.358 e. The Bertz CT molecular complexity index is 434. The number of rotatable bonds is 3. The molecule has 0 saturated heterocycles. The SMILES string of the molecule is C=NOc1ccc(-c2ccccc2)cc1. The Morgan fingerprint density at radius 2 is 1.40 bits per heavy atom. The van der Waals surface area contributed by atoms with Gasteiger partial charge < -0.3 is 4.84 Å². The predicted molar refractivity (Wildman–Crippen MR) is 62.1 cm³/mol. The van der Waals surface area contributed by atoms with E-state index in [0.717, 1.165) is 5.56 Å². The van der Waals surface area contributed by atoms with Gasteiger partial charge in [-0.15, -0.1) is 0 Å². The van der Waals surface area contributed by atoms with Crippen molar-refractivity contribution < 1.29 is 4.84 Å². The Morgan fingerprint density at radius 1 is 0.800 bits per heavy atom. The molecule has 0 spiro atoms. The molecule has 0 atom stereocenters. The first-order valence-electron chi connectivity index (χ1n) is 4.68. The van der Waals surface area contributed by atoms with Crippen LogP contribution in [0.5, 0.6) is 5.75 Å². The van der Waals surface area contributed by atoms with Gasteiger partial charge in [0.25, 0.3) is 0 Å². The molecule has 0 bridgehead atoms. The molecule has 15 heavy (non-hydrogen) atoms. The highest BCUT2D eigenvalue weighted by Crippen LogP contribution is 2.21. The van der Waals surface area contributed by atoms with E-state index in [1.165, 1.54) is 5.56 Å². The second-order valence-corrected chi connectivity index (χ2v) is 3.11. The van der Waals surface area contributed by atoms with Gasteiger partial charge in [0.2, 0.25) is 0 Å². The molecule has 0 aromatic heterocycles. The van der Waals surface area contributed by atoms with Gasteiger partial charge in [0.15, 0.2) is 5.75 Å². The molecular formula is C13H11NO. The van der Waals surface area contributed by atoms with Crippen molar-refractivity contribution in [3.05, 3.63) is 54.6 Å². The number of benzene rings is 2. The van der Waals surface area contributed by atoms with Gasteiger partial charge in [-0.25, -0.2) is 0 Å². The molecule has 0 aliphatic rings. The summed E-state index contributed by atoms with van der Waals surface area (Å²) in [4.78, 5) is 4.91. The third kappa shape index (κ3) is 2.23. The lowest BCUT2D eigenvalue weighted by atomic mass is 10.1. The average molecular weight is 197 g/mol. The molecule has 2 aromatic carbocycles. The van der Waals surface area contributed by atoms with Crippen LogP contribution in [0.2, 0.25) is 0 Å². The van der Waals surface area contributed by atoms with Gasteiger partial charge in [0, 0.05) is 6.72 Å². The topological polar surface area (TPSA) is 21.6 Å². The van der Waals surface area contributed by atoms with E-state index in [2.05, 4.69) is 24.0 Å². The summed E-state index contributed by atoms with van der Waals surface area (Å²) in [7, 11) is 0. The van der Waals surface area contributed by atoms with Crippen molar-refractivity contribution in [2.75, 3.05) is 0 Å². The van der Waals surface area contributed by atoms with Gasteiger partial charge in [-0.3, -0.25) is 0 Å². The molecule has 0 unspecified atom stereocenters. The van der Waals surface area contributed by atoms with Crippen LogP contribution in [-0.4, -0.2) is 6.72 Å². The first kappa shape index (κ1) is 9.46. The van der Waals surface area contributed by atoms with E-state index in [0.29, 0.717) is 5.75 Å². The van der Waals surface area contributed by atoms with Crippen LogP contribution < -0.4 is 4.84 Å². The molecule has 0 aliphatic heterocycles. The fourth-order valence-electron chi connectivity index (χ4n) is 1.41. The third-order valence-electron chi connectivity index (χ3n) is 2.13. The van der Waals surface area contributed by atoms with Gasteiger partial charge in [0.05, 0.1) is 0 Å². The van der Waals surface area contributed by atoms with Crippen LogP contribution in [-0.2, 0) is 0 Å². The molecule has 2 nitrogen and oxygen atoms in total. The number of hydrogen-bond acceptors (Lipinski definition) is 2. The summed E-state index contributed by atoms with van der Waals surface area (Å²) in [5.41, 5.74) is 2.35. The van der Waals surface area contributed by atoms with Crippen molar-refractivity contribution in [2.45, 2.75) is 0 Å². The van der Waals surface area contributed by atoms with Crippen molar-refractivity contribution in [3.63, 3.8) is 0 Å². The van der Waals surface area contributed by atoms with Crippen LogP contribution in [0.15, 0.2) is 59.8 Å². The van der Waals surface area contributed by atoms with Crippen LogP contribution in [0.25, 0.3) is 11.1 Å². The number of nitrogens with zero attached hydrogens (tertiary/aromatic N) is 1. The van der Waals surface area contributed by atoms with Gasteiger partial charge >= 0.3 is 0 Å². The van der Waals surface area contributed by atoms with Crippen molar-refractivity contribution in [2.24, 2.45) is 5.16 Å². The molecule has 0 radical (unpaired) electrons. The molecule has 0 aliphatic carbocycles.